The molecule has 0 saturated heterocycles. The summed E-state index contributed by atoms with van der Waals surface area (Å²) in [5.74, 6) is -3.65. The number of rotatable bonds is 5. The third-order valence-electron chi connectivity index (χ3n) is 2.91. The molecule has 0 aliphatic carbocycles. The van der Waals surface area contributed by atoms with Crippen LogP contribution >= 0.6 is 0 Å². The minimum atomic E-state index is -4.39. The number of ether oxygens (including phenoxy) is 1. The smallest absolute Gasteiger partial charge is 0.339 e. The van der Waals surface area contributed by atoms with E-state index in [1.807, 2.05) is 0 Å². The van der Waals surface area contributed by atoms with Crippen molar-refractivity contribution in [1.29, 1.82) is 0 Å². The molecule has 0 spiro atoms. The fraction of sp³-hybridized carbons (Fsp3) is 0.0714. The van der Waals surface area contributed by atoms with Gasteiger partial charge in [-0.3, -0.25) is 4.72 Å². The van der Waals surface area contributed by atoms with Gasteiger partial charge in [0.15, 0.2) is 0 Å². The molecular weight excluding hydrogens is 332 g/mol. The average molecular weight is 343 g/mol. The Bertz CT molecular complexity index is 847. The Kier molecular flexibility index (Phi) is 4.50. The minimum Gasteiger partial charge on any atom is -0.496 e. The molecule has 0 saturated carbocycles. The summed E-state index contributed by atoms with van der Waals surface area (Å²) in [4.78, 5) is 10.6. The fourth-order valence-corrected chi connectivity index (χ4v) is 2.91. The maximum Gasteiger partial charge on any atom is 0.339 e. The second-order valence-corrected chi connectivity index (χ2v) is 6.05. The third kappa shape index (κ3) is 3.39. The third-order valence-corrected chi connectivity index (χ3v) is 4.26. The molecule has 9 heteroatoms. The van der Waals surface area contributed by atoms with E-state index in [9.17, 15) is 22.0 Å². The van der Waals surface area contributed by atoms with Crippen LogP contribution in [0.1, 0.15) is 10.4 Å². The molecule has 0 amide bonds. The molecule has 0 bridgehead atoms. The van der Waals surface area contributed by atoms with Crippen LogP contribution < -0.4 is 9.46 Å². The van der Waals surface area contributed by atoms with E-state index in [4.69, 9.17) is 9.84 Å². The second-order valence-electron chi connectivity index (χ2n) is 4.37. The summed E-state index contributed by atoms with van der Waals surface area (Å²) in [5, 5.41) is 9.05. The predicted molar refractivity (Wildman–Crippen MR) is 77.1 cm³/mol. The van der Waals surface area contributed by atoms with Crippen LogP contribution in [0.25, 0.3) is 0 Å². The molecule has 0 atom stereocenters. The van der Waals surface area contributed by atoms with Gasteiger partial charge >= 0.3 is 5.97 Å². The Labute approximate surface area is 130 Å². The van der Waals surface area contributed by atoms with E-state index in [2.05, 4.69) is 0 Å². The lowest BCUT2D eigenvalue weighted by molar-refractivity contribution is 0.0693. The SMILES string of the molecule is COc1ccc(S(=O)(=O)Nc2c(F)cccc2F)cc1C(=O)O. The molecule has 0 fully saturated rings. The van der Waals surface area contributed by atoms with Gasteiger partial charge in [0.2, 0.25) is 0 Å². The standard InChI is InChI=1S/C14H11F2NO5S/c1-22-12-6-5-8(7-9(12)14(18)19)23(20,21)17-13-10(15)3-2-4-11(13)16/h2-7,17H,1H3,(H,18,19). The lowest BCUT2D eigenvalue weighted by Crippen LogP contribution is -2.16. The Morgan fingerprint density at radius 3 is 2.30 bits per heavy atom. The molecule has 0 heterocycles. The number of nitrogens with one attached hydrogen (secondary N) is 1. The van der Waals surface area contributed by atoms with Crippen LogP contribution in [-0.2, 0) is 10.0 Å². The number of halogens is 2. The van der Waals surface area contributed by atoms with Gasteiger partial charge < -0.3 is 9.84 Å². The predicted octanol–water partition coefficient (Wildman–Crippen LogP) is 2.47. The van der Waals surface area contributed by atoms with E-state index in [1.165, 1.54) is 7.11 Å². The molecule has 0 aliphatic heterocycles. The molecule has 6 nitrogen and oxygen atoms in total. The quantitative estimate of drug-likeness (QED) is 0.870. The first-order valence-corrected chi connectivity index (χ1v) is 7.62. The summed E-state index contributed by atoms with van der Waals surface area (Å²) >= 11 is 0. The van der Waals surface area contributed by atoms with Gasteiger partial charge in [-0.05, 0) is 30.3 Å². The van der Waals surface area contributed by atoms with Crippen LogP contribution in [0, 0.1) is 11.6 Å². The van der Waals surface area contributed by atoms with Crippen LogP contribution in [0.5, 0.6) is 5.75 Å². The first kappa shape index (κ1) is 16.7. The summed E-state index contributed by atoms with van der Waals surface area (Å²) in [6.07, 6.45) is 0. The maximum absolute atomic E-state index is 13.5. The normalized spacial score (nSPS) is 11.1. The highest BCUT2D eigenvalue weighted by atomic mass is 32.2. The summed E-state index contributed by atoms with van der Waals surface area (Å²) in [7, 11) is -3.16. The van der Waals surface area contributed by atoms with Crippen molar-refractivity contribution in [3.05, 3.63) is 53.6 Å². The van der Waals surface area contributed by atoms with Crippen LogP contribution in [0.4, 0.5) is 14.5 Å². The molecule has 0 aliphatic rings. The van der Waals surface area contributed by atoms with E-state index < -0.39 is 43.8 Å². The zero-order valence-electron chi connectivity index (χ0n) is 11.7. The van der Waals surface area contributed by atoms with Crippen molar-refractivity contribution in [3.63, 3.8) is 0 Å². The van der Waals surface area contributed by atoms with Gasteiger partial charge in [0.1, 0.15) is 28.6 Å². The molecule has 2 N–H and O–H groups in total. The first-order valence-electron chi connectivity index (χ1n) is 6.14. The lowest BCUT2D eigenvalue weighted by Gasteiger charge is -2.11. The topological polar surface area (TPSA) is 92.7 Å². The van der Waals surface area contributed by atoms with Crippen molar-refractivity contribution in [2.24, 2.45) is 0 Å². The first-order chi connectivity index (χ1) is 10.8. The van der Waals surface area contributed by atoms with Crippen molar-refractivity contribution in [2.45, 2.75) is 4.90 Å². The molecule has 0 unspecified atom stereocenters. The summed E-state index contributed by atoms with van der Waals surface area (Å²) in [6.45, 7) is 0. The van der Waals surface area contributed by atoms with Crippen LogP contribution in [0.15, 0.2) is 41.3 Å². The Morgan fingerprint density at radius 2 is 1.78 bits per heavy atom. The number of aromatic carboxylic acids is 1. The highest BCUT2D eigenvalue weighted by Crippen LogP contribution is 2.26. The van der Waals surface area contributed by atoms with Crippen molar-refractivity contribution >= 4 is 21.7 Å². The molecule has 0 aromatic heterocycles. The molecule has 0 radical (unpaired) electrons. The van der Waals surface area contributed by atoms with E-state index in [0.29, 0.717) is 0 Å². The Hall–Kier alpha value is -2.68. The Balaban J connectivity index is 2.48. The Morgan fingerprint density at radius 1 is 1.17 bits per heavy atom. The summed E-state index contributed by atoms with van der Waals surface area (Å²) in [6, 6.07) is 5.89. The second kappa shape index (κ2) is 6.21. The molecule has 2 rings (SSSR count). The van der Waals surface area contributed by atoms with Gasteiger partial charge in [-0.15, -0.1) is 0 Å². The summed E-state index contributed by atoms with van der Waals surface area (Å²) < 4.78 is 58.1. The number of carboxylic acid groups (broad SMARTS) is 1. The largest absolute Gasteiger partial charge is 0.496 e. The van der Waals surface area contributed by atoms with Gasteiger partial charge in [0.25, 0.3) is 10.0 Å². The van der Waals surface area contributed by atoms with E-state index in [-0.39, 0.29) is 5.75 Å². The van der Waals surface area contributed by atoms with Crippen molar-refractivity contribution in [3.8, 4) is 5.75 Å². The molecule has 23 heavy (non-hydrogen) atoms. The zero-order chi connectivity index (χ0) is 17.2. The van der Waals surface area contributed by atoms with Crippen molar-refractivity contribution in [1.82, 2.24) is 0 Å². The van der Waals surface area contributed by atoms with E-state index in [0.717, 1.165) is 36.4 Å². The number of carboxylic acids is 1. The van der Waals surface area contributed by atoms with Gasteiger partial charge in [-0.1, -0.05) is 6.07 Å². The van der Waals surface area contributed by atoms with Crippen molar-refractivity contribution in [2.75, 3.05) is 11.8 Å². The van der Waals surface area contributed by atoms with Gasteiger partial charge in [-0.2, -0.15) is 0 Å². The molecular formula is C14H11F2NO5S. The number of hydrogen-bond acceptors (Lipinski definition) is 4. The number of anilines is 1. The van der Waals surface area contributed by atoms with E-state index >= 15 is 0 Å². The molecule has 122 valence electrons. The number of hydrogen-bond donors (Lipinski definition) is 2. The highest BCUT2D eigenvalue weighted by molar-refractivity contribution is 7.92. The lowest BCUT2D eigenvalue weighted by atomic mass is 10.2. The number of para-hydroxylation sites is 1. The number of benzene rings is 2. The summed E-state index contributed by atoms with van der Waals surface area (Å²) in [5.41, 5.74) is -1.25. The molecule has 2 aromatic rings. The zero-order valence-corrected chi connectivity index (χ0v) is 12.5. The monoisotopic (exact) mass is 343 g/mol. The van der Waals surface area contributed by atoms with Crippen LogP contribution in [0.3, 0.4) is 0 Å². The number of sulfonamides is 1. The maximum atomic E-state index is 13.5. The number of methoxy groups -OCH3 is 1. The highest BCUT2D eigenvalue weighted by Gasteiger charge is 2.22. The average Bonchev–Trinajstić information content (AvgIpc) is 2.50. The van der Waals surface area contributed by atoms with Gasteiger partial charge in [-0.25, -0.2) is 22.0 Å². The van der Waals surface area contributed by atoms with Crippen LogP contribution in [-0.4, -0.2) is 26.6 Å². The van der Waals surface area contributed by atoms with Crippen molar-refractivity contribution < 1.29 is 31.8 Å². The molecule has 2 aromatic carbocycles. The van der Waals surface area contributed by atoms with Gasteiger partial charge in [0, 0.05) is 0 Å². The fourth-order valence-electron chi connectivity index (χ4n) is 1.81. The minimum absolute atomic E-state index is 0.0477. The van der Waals surface area contributed by atoms with Crippen LogP contribution in [0.2, 0.25) is 0 Å². The van der Waals surface area contributed by atoms with Gasteiger partial charge in [0.05, 0.1) is 12.0 Å². The van der Waals surface area contributed by atoms with E-state index in [1.54, 1.807) is 4.72 Å². The number of carbonyl (C=O) groups is 1.